The maximum Gasteiger partial charge on any atom is 0.262 e. The third-order valence-corrected chi connectivity index (χ3v) is 5.51. The summed E-state index contributed by atoms with van der Waals surface area (Å²) in [6.07, 6.45) is 0.219. The molecule has 0 aromatic heterocycles. The van der Waals surface area contributed by atoms with Crippen molar-refractivity contribution in [2.45, 2.75) is 6.42 Å². The molecular weight excluding hydrogens is 391 g/mol. The first-order valence-electron chi connectivity index (χ1n) is 8.06. The third kappa shape index (κ3) is 2.72. The molecule has 2 aliphatic heterocycles. The van der Waals surface area contributed by atoms with E-state index >= 15 is 0 Å². The van der Waals surface area contributed by atoms with Crippen LogP contribution >= 0.6 is 23.2 Å². The maximum absolute atomic E-state index is 12.6. The Morgan fingerprint density at radius 2 is 1.59 bits per heavy atom. The molecule has 0 N–H and O–H groups in total. The Hall–Kier alpha value is -2.70. The van der Waals surface area contributed by atoms with Gasteiger partial charge >= 0.3 is 0 Å². The number of anilines is 1. The zero-order valence-corrected chi connectivity index (χ0v) is 15.6. The first kappa shape index (κ1) is 17.7. The number of fused-ring (bicyclic) bond motifs is 2. The zero-order chi connectivity index (χ0) is 19.5. The highest BCUT2D eigenvalue weighted by Gasteiger charge is 2.37. The molecule has 2 aromatic carbocycles. The Morgan fingerprint density at radius 1 is 1.00 bits per heavy atom. The summed E-state index contributed by atoms with van der Waals surface area (Å²) in [5.41, 5.74) is 2.09. The van der Waals surface area contributed by atoms with Crippen LogP contribution in [-0.4, -0.2) is 42.0 Å². The molecule has 0 atom stereocenters. The molecule has 0 unspecified atom stereocenters. The molecule has 2 aromatic rings. The summed E-state index contributed by atoms with van der Waals surface area (Å²) in [5.74, 6) is -1.62. The lowest BCUT2D eigenvalue weighted by Crippen LogP contribution is -2.34. The Labute approximate surface area is 164 Å². The molecule has 4 rings (SSSR count). The van der Waals surface area contributed by atoms with Gasteiger partial charge in [0.25, 0.3) is 11.8 Å². The number of halogens is 2. The molecule has 136 valence electrons. The van der Waals surface area contributed by atoms with Crippen LogP contribution in [0.1, 0.15) is 36.6 Å². The highest BCUT2D eigenvalue weighted by atomic mass is 35.5. The normalized spacial score (nSPS) is 15.4. The van der Waals surface area contributed by atoms with Crippen LogP contribution in [0.4, 0.5) is 5.69 Å². The second-order valence-electron chi connectivity index (χ2n) is 6.40. The molecule has 0 spiro atoms. The monoisotopic (exact) mass is 402 g/mol. The van der Waals surface area contributed by atoms with Crippen LogP contribution in [0.25, 0.3) is 0 Å². The van der Waals surface area contributed by atoms with Crippen molar-refractivity contribution in [2.24, 2.45) is 0 Å². The summed E-state index contributed by atoms with van der Waals surface area (Å²) in [6.45, 7) is -0.399. The number of nitrogens with zero attached hydrogens (tertiary/aromatic N) is 2. The zero-order valence-electron chi connectivity index (χ0n) is 14.1. The minimum atomic E-state index is -0.585. The van der Waals surface area contributed by atoms with E-state index in [9.17, 15) is 19.2 Å². The Balaban J connectivity index is 1.59. The quantitative estimate of drug-likeness (QED) is 0.584. The SMILES string of the molecule is CN1C(=O)Cc2cc(C(=O)CN3C(=O)c4cc(Cl)c(Cl)cc4C3=O)ccc21. The van der Waals surface area contributed by atoms with Crippen LogP contribution in [0.3, 0.4) is 0 Å². The molecule has 2 aliphatic rings. The third-order valence-electron chi connectivity index (χ3n) is 4.79. The molecule has 0 radical (unpaired) electrons. The van der Waals surface area contributed by atoms with Crippen LogP contribution in [0.2, 0.25) is 10.0 Å². The van der Waals surface area contributed by atoms with E-state index in [1.54, 1.807) is 25.2 Å². The molecule has 0 saturated heterocycles. The number of benzene rings is 2. The number of carbonyl (C=O) groups excluding carboxylic acids is 4. The first-order chi connectivity index (χ1) is 12.8. The van der Waals surface area contributed by atoms with E-state index in [-0.39, 0.29) is 33.5 Å². The molecular formula is C19H12Cl2N2O4. The smallest absolute Gasteiger partial charge is 0.262 e. The summed E-state index contributed by atoms with van der Waals surface area (Å²) < 4.78 is 0. The van der Waals surface area contributed by atoms with Gasteiger partial charge in [-0.2, -0.15) is 0 Å². The van der Waals surface area contributed by atoms with E-state index < -0.39 is 24.1 Å². The minimum absolute atomic E-state index is 0.0521. The van der Waals surface area contributed by atoms with Crippen LogP contribution in [0.5, 0.6) is 0 Å². The van der Waals surface area contributed by atoms with Gasteiger partial charge in [0.05, 0.1) is 34.1 Å². The number of imide groups is 1. The second kappa shape index (κ2) is 6.18. The fraction of sp³-hybridized carbons (Fsp3) is 0.158. The number of carbonyl (C=O) groups is 4. The first-order valence-corrected chi connectivity index (χ1v) is 8.81. The summed E-state index contributed by atoms with van der Waals surface area (Å²) in [5, 5.41) is 0.328. The van der Waals surface area contributed by atoms with Crippen LogP contribution in [0.15, 0.2) is 30.3 Å². The highest BCUT2D eigenvalue weighted by Crippen LogP contribution is 2.32. The van der Waals surface area contributed by atoms with E-state index in [1.807, 2.05) is 0 Å². The number of amides is 3. The van der Waals surface area contributed by atoms with Crippen molar-refractivity contribution in [3.63, 3.8) is 0 Å². The fourth-order valence-electron chi connectivity index (χ4n) is 3.31. The number of Topliss-reactive ketones (excluding diaryl/α,β-unsaturated/α-hetero) is 1. The van der Waals surface area contributed by atoms with Crippen molar-refractivity contribution in [3.8, 4) is 0 Å². The molecule has 8 heteroatoms. The fourth-order valence-corrected chi connectivity index (χ4v) is 3.63. The van der Waals surface area contributed by atoms with Gasteiger partial charge in [-0.3, -0.25) is 24.1 Å². The number of likely N-dealkylation sites (N-methyl/N-ethyl adjacent to an activating group) is 1. The predicted molar refractivity (Wildman–Crippen MR) is 99.7 cm³/mol. The van der Waals surface area contributed by atoms with E-state index in [1.165, 1.54) is 17.0 Å². The van der Waals surface area contributed by atoms with Gasteiger partial charge in [0.1, 0.15) is 0 Å². The minimum Gasteiger partial charge on any atom is -0.315 e. The Morgan fingerprint density at radius 3 is 2.19 bits per heavy atom. The van der Waals surface area contributed by atoms with Crippen LogP contribution < -0.4 is 4.90 Å². The average Bonchev–Trinajstić information content (AvgIpc) is 3.04. The Bertz CT molecular complexity index is 1020. The summed E-state index contributed by atoms with van der Waals surface area (Å²) in [7, 11) is 1.67. The highest BCUT2D eigenvalue weighted by molar-refractivity contribution is 6.43. The molecule has 0 fully saturated rings. The van der Waals surface area contributed by atoms with Gasteiger partial charge in [-0.25, -0.2) is 0 Å². The van der Waals surface area contributed by atoms with E-state index in [2.05, 4.69) is 0 Å². The van der Waals surface area contributed by atoms with Gasteiger partial charge in [-0.1, -0.05) is 23.2 Å². The molecule has 6 nitrogen and oxygen atoms in total. The van der Waals surface area contributed by atoms with E-state index in [0.717, 1.165) is 16.2 Å². The lowest BCUT2D eigenvalue weighted by Gasteiger charge is -2.14. The van der Waals surface area contributed by atoms with Crippen LogP contribution in [-0.2, 0) is 11.2 Å². The van der Waals surface area contributed by atoms with E-state index in [0.29, 0.717) is 5.56 Å². The number of hydrogen-bond donors (Lipinski definition) is 0. The number of hydrogen-bond acceptors (Lipinski definition) is 4. The van der Waals surface area contributed by atoms with Crippen molar-refractivity contribution in [1.82, 2.24) is 4.90 Å². The van der Waals surface area contributed by atoms with E-state index in [4.69, 9.17) is 23.2 Å². The van der Waals surface area contributed by atoms with Crippen molar-refractivity contribution in [2.75, 3.05) is 18.5 Å². The van der Waals surface area contributed by atoms with Gasteiger partial charge in [0, 0.05) is 18.3 Å². The second-order valence-corrected chi connectivity index (χ2v) is 7.22. The number of rotatable bonds is 3. The Kier molecular flexibility index (Phi) is 4.05. The molecule has 0 bridgehead atoms. The standard InChI is InChI=1S/C19H12Cl2N2O4/c1-22-15-3-2-9(4-10(15)5-17(22)25)16(24)8-23-18(26)11-6-13(20)14(21)7-12(11)19(23)27/h2-4,6-7H,5,8H2,1H3. The number of ketones is 1. The molecule has 3 amide bonds. The summed E-state index contributed by atoms with van der Waals surface area (Å²) in [4.78, 5) is 51.9. The lowest BCUT2D eigenvalue weighted by atomic mass is 10.0. The lowest BCUT2D eigenvalue weighted by molar-refractivity contribution is -0.117. The van der Waals surface area contributed by atoms with Gasteiger partial charge < -0.3 is 4.90 Å². The summed E-state index contributed by atoms with van der Waals surface area (Å²) >= 11 is 11.8. The molecule has 2 heterocycles. The predicted octanol–water partition coefficient (Wildman–Crippen LogP) is 2.99. The molecule has 0 aliphatic carbocycles. The van der Waals surface area contributed by atoms with Crippen molar-refractivity contribution < 1.29 is 19.2 Å². The molecule has 0 saturated carbocycles. The van der Waals surface area contributed by atoms with Gasteiger partial charge in [-0.05, 0) is 35.9 Å². The van der Waals surface area contributed by atoms with Gasteiger partial charge in [-0.15, -0.1) is 0 Å². The average molecular weight is 403 g/mol. The van der Waals surface area contributed by atoms with Crippen molar-refractivity contribution >= 4 is 52.4 Å². The maximum atomic E-state index is 12.6. The van der Waals surface area contributed by atoms with Gasteiger partial charge in [0.15, 0.2) is 5.78 Å². The van der Waals surface area contributed by atoms with Crippen LogP contribution in [0, 0.1) is 0 Å². The van der Waals surface area contributed by atoms with Gasteiger partial charge in [0.2, 0.25) is 5.91 Å². The largest absolute Gasteiger partial charge is 0.315 e. The van der Waals surface area contributed by atoms with Crippen molar-refractivity contribution in [1.29, 1.82) is 0 Å². The molecule has 27 heavy (non-hydrogen) atoms. The summed E-state index contributed by atoms with van der Waals surface area (Å²) in [6, 6.07) is 7.57. The van der Waals surface area contributed by atoms with Crippen molar-refractivity contribution in [3.05, 3.63) is 62.6 Å². The topological polar surface area (TPSA) is 74.8 Å².